The Morgan fingerprint density at radius 3 is 2.78 bits per heavy atom. The third kappa shape index (κ3) is 1.90. The summed E-state index contributed by atoms with van der Waals surface area (Å²) in [6.45, 7) is 1.79. The lowest BCUT2D eigenvalue weighted by Crippen LogP contribution is -2.43. The third-order valence-corrected chi connectivity index (χ3v) is 3.10. The van der Waals surface area contributed by atoms with Gasteiger partial charge in [-0.15, -0.1) is 0 Å². The molecule has 0 spiro atoms. The Kier molecular flexibility index (Phi) is 3.43. The molecule has 98 valence electrons. The summed E-state index contributed by atoms with van der Waals surface area (Å²) in [5, 5.41) is 9.21. The summed E-state index contributed by atoms with van der Waals surface area (Å²) in [6, 6.07) is 3.46. The Labute approximate surface area is 106 Å². The second-order valence-corrected chi connectivity index (χ2v) is 4.22. The van der Waals surface area contributed by atoms with Crippen molar-refractivity contribution in [2.75, 3.05) is 19.1 Å². The van der Waals surface area contributed by atoms with Crippen molar-refractivity contribution < 1.29 is 19.4 Å². The highest BCUT2D eigenvalue weighted by atomic mass is 16.5. The normalized spacial score (nSPS) is 18.3. The Morgan fingerprint density at radius 1 is 1.50 bits per heavy atom. The van der Waals surface area contributed by atoms with Gasteiger partial charge in [0.15, 0.2) is 17.6 Å². The summed E-state index contributed by atoms with van der Waals surface area (Å²) in [5.41, 5.74) is 1.32. The maximum Gasteiger partial charge on any atom is 0.267 e. The van der Waals surface area contributed by atoms with Gasteiger partial charge in [-0.3, -0.25) is 4.79 Å². The Bertz CT molecular complexity index is 472. The number of carbonyl (C=O) groups excluding carboxylic acids is 1. The molecule has 1 aromatic carbocycles. The number of hydrogen-bond acceptors (Lipinski definition) is 4. The van der Waals surface area contributed by atoms with Crippen LogP contribution in [0.2, 0.25) is 0 Å². The number of aliphatic hydroxyl groups excluding tert-OH is 1. The number of anilines is 1. The summed E-state index contributed by atoms with van der Waals surface area (Å²) in [4.78, 5) is 13.6. The summed E-state index contributed by atoms with van der Waals surface area (Å²) in [6.07, 6.45) is 0.129. The van der Waals surface area contributed by atoms with Crippen molar-refractivity contribution in [2.24, 2.45) is 0 Å². The van der Waals surface area contributed by atoms with E-state index in [1.54, 1.807) is 24.1 Å². The average molecular weight is 251 g/mol. The predicted octanol–water partition coefficient (Wildman–Crippen LogP) is 1.32. The number of rotatable bonds is 3. The van der Waals surface area contributed by atoms with Crippen molar-refractivity contribution in [3.05, 3.63) is 17.7 Å². The van der Waals surface area contributed by atoms with Crippen LogP contribution < -0.4 is 14.4 Å². The first-order valence-electron chi connectivity index (χ1n) is 5.88. The van der Waals surface area contributed by atoms with Gasteiger partial charge in [0, 0.05) is 7.05 Å². The molecule has 1 atom stereocenters. The molecule has 0 radical (unpaired) electrons. The largest absolute Gasteiger partial charge is 0.493 e. The van der Waals surface area contributed by atoms with E-state index in [-0.39, 0.29) is 12.5 Å². The van der Waals surface area contributed by atoms with Crippen LogP contribution >= 0.6 is 0 Å². The number of aliphatic hydroxyl groups is 1. The van der Waals surface area contributed by atoms with Crippen molar-refractivity contribution >= 4 is 11.6 Å². The molecule has 1 aliphatic heterocycles. The second-order valence-electron chi connectivity index (χ2n) is 4.22. The molecular weight excluding hydrogens is 234 g/mol. The van der Waals surface area contributed by atoms with Crippen LogP contribution in [0.15, 0.2) is 12.1 Å². The van der Waals surface area contributed by atoms with Crippen LogP contribution in [-0.2, 0) is 11.4 Å². The predicted molar refractivity (Wildman–Crippen MR) is 67.0 cm³/mol. The van der Waals surface area contributed by atoms with E-state index in [1.807, 2.05) is 6.92 Å². The quantitative estimate of drug-likeness (QED) is 0.880. The molecule has 18 heavy (non-hydrogen) atoms. The molecule has 1 aromatic rings. The molecule has 5 nitrogen and oxygen atoms in total. The average Bonchev–Trinajstić information content (AvgIpc) is 2.41. The first-order valence-corrected chi connectivity index (χ1v) is 5.88. The number of carbonyl (C=O) groups is 1. The van der Waals surface area contributed by atoms with Gasteiger partial charge in [-0.05, 0) is 24.1 Å². The molecule has 0 bridgehead atoms. The summed E-state index contributed by atoms with van der Waals surface area (Å²) < 4.78 is 10.9. The standard InChI is InChI=1S/C13H17NO4/c1-4-10-13(16)14(2)9-5-8(7-15)6-11(17-3)12(9)18-10/h5-6,10,15H,4,7H2,1-3H3. The monoisotopic (exact) mass is 251 g/mol. The highest BCUT2D eigenvalue weighted by molar-refractivity contribution is 6.00. The molecule has 1 N–H and O–H groups in total. The van der Waals surface area contributed by atoms with E-state index >= 15 is 0 Å². The number of hydrogen-bond donors (Lipinski definition) is 1. The van der Waals surface area contributed by atoms with Crippen LogP contribution in [0, 0.1) is 0 Å². The molecule has 1 amide bonds. The van der Waals surface area contributed by atoms with E-state index < -0.39 is 6.10 Å². The fraction of sp³-hybridized carbons (Fsp3) is 0.462. The van der Waals surface area contributed by atoms with Crippen LogP contribution in [0.1, 0.15) is 18.9 Å². The van der Waals surface area contributed by atoms with Crippen LogP contribution in [0.4, 0.5) is 5.69 Å². The van der Waals surface area contributed by atoms with E-state index in [9.17, 15) is 9.90 Å². The highest BCUT2D eigenvalue weighted by Crippen LogP contribution is 2.42. The molecule has 5 heteroatoms. The van der Waals surface area contributed by atoms with Crippen LogP contribution in [0.5, 0.6) is 11.5 Å². The molecule has 0 aliphatic carbocycles. The molecule has 2 rings (SSSR count). The van der Waals surface area contributed by atoms with Gasteiger partial charge in [-0.2, -0.15) is 0 Å². The number of methoxy groups -OCH3 is 1. The zero-order valence-corrected chi connectivity index (χ0v) is 10.8. The molecule has 0 aromatic heterocycles. The topological polar surface area (TPSA) is 59.0 Å². The van der Waals surface area contributed by atoms with Crippen LogP contribution in [-0.4, -0.2) is 31.3 Å². The van der Waals surface area contributed by atoms with Crippen molar-refractivity contribution in [3.63, 3.8) is 0 Å². The number of ether oxygens (including phenoxy) is 2. The van der Waals surface area contributed by atoms with Crippen molar-refractivity contribution in [3.8, 4) is 11.5 Å². The first-order chi connectivity index (χ1) is 8.62. The van der Waals surface area contributed by atoms with Gasteiger partial charge in [0.05, 0.1) is 19.4 Å². The molecule has 0 fully saturated rings. The summed E-state index contributed by atoms with van der Waals surface area (Å²) >= 11 is 0. The minimum Gasteiger partial charge on any atom is -0.493 e. The molecule has 1 unspecified atom stereocenters. The SMILES string of the molecule is CCC1Oc2c(OC)cc(CO)cc2N(C)C1=O. The number of amides is 1. The zero-order valence-electron chi connectivity index (χ0n) is 10.8. The Morgan fingerprint density at radius 2 is 2.22 bits per heavy atom. The second kappa shape index (κ2) is 4.86. The summed E-state index contributed by atoms with van der Waals surface area (Å²) in [7, 11) is 3.24. The van der Waals surface area contributed by atoms with Gasteiger partial charge in [-0.25, -0.2) is 0 Å². The number of fused-ring (bicyclic) bond motifs is 1. The third-order valence-electron chi connectivity index (χ3n) is 3.10. The Hall–Kier alpha value is -1.75. The number of nitrogens with zero attached hydrogens (tertiary/aromatic N) is 1. The van der Waals surface area contributed by atoms with Gasteiger partial charge < -0.3 is 19.5 Å². The van der Waals surface area contributed by atoms with Crippen LogP contribution in [0.25, 0.3) is 0 Å². The molecule has 0 saturated carbocycles. The van der Waals surface area contributed by atoms with Crippen LogP contribution in [0.3, 0.4) is 0 Å². The van der Waals surface area contributed by atoms with E-state index in [1.165, 1.54) is 7.11 Å². The molecule has 1 heterocycles. The zero-order chi connectivity index (χ0) is 13.3. The summed E-state index contributed by atoms with van der Waals surface area (Å²) in [5.74, 6) is 1.01. The van der Waals surface area contributed by atoms with Gasteiger partial charge >= 0.3 is 0 Å². The van der Waals surface area contributed by atoms with Crippen molar-refractivity contribution in [2.45, 2.75) is 26.1 Å². The minimum absolute atomic E-state index is 0.0813. The van der Waals surface area contributed by atoms with E-state index in [0.717, 1.165) is 0 Å². The van der Waals surface area contributed by atoms with Crippen molar-refractivity contribution in [1.82, 2.24) is 0 Å². The fourth-order valence-corrected chi connectivity index (χ4v) is 2.04. The molecular formula is C13H17NO4. The smallest absolute Gasteiger partial charge is 0.267 e. The number of benzene rings is 1. The van der Waals surface area contributed by atoms with Crippen molar-refractivity contribution in [1.29, 1.82) is 0 Å². The molecule has 0 saturated heterocycles. The lowest BCUT2D eigenvalue weighted by Gasteiger charge is -2.32. The minimum atomic E-state index is -0.476. The maximum absolute atomic E-state index is 12.0. The maximum atomic E-state index is 12.0. The van der Waals surface area contributed by atoms with Gasteiger partial charge in [0.1, 0.15) is 0 Å². The highest BCUT2D eigenvalue weighted by Gasteiger charge is 2.33. The van der Waals surface area contributed by atoms with Gasteiger partial charge in [0.2, 0.25) is 0 Å². The fourth-order valence-electron chi connectivity index (χ4n) is 2.04. The lowest BCUT2D eigenvalue weighted by atomic mass is 10.1. The van der Waals surface area contributed by atoms with E-state index in [2.05, 4.69) is 0 Å². The van der Waals surface area contributed by atoms with E-state index in [0.29, 0.717) is 29.2 Å². The Balaban J connectivity index is 2.55. The van der Waals surface area contributed by atoms with E-state index in [4.69, 9.17) is 9.47 Å². The lowest BCUT2D eigenvalue weighted by molar-refractivity contribution is -0.126. The first kappa shape index (κ1) is 12.7. The number of likely N-dealkylation sites (N-methyl/N-ethyl adjacent to an activating group) is 1. The molecule has 1 aliphatic rings. The van der Waals surface area contributed by atoms with Gasteiger partial charge in [0.25, 0.3) is 5.91 Å². The van der Waals surface area contributed by atoms with Gasteiger partial charge in [-0.1, -0.05) is 6.92 Å².